The van der Waals surface area contributed by atoms with Crippen LogP contribution in [0, 0.1) is 0 Å². The lowest BCUT2D eigenvalue weighted by Crippen LogP contribution is -2.51. The Labute approximate surface area is 153 Å². The molecular formula is C19H23ClN4O. The molecule has 1 unspecified atom stereocenters. The molecule has 0 spiro atoms. The lowest BCUT2D eigenvalue weighted by molar-refractivity contribution is -0.122. The molecule has 2 aromatic rings. The zero-order chi connectivity index (χ0) is 17.6. The van der Waals surface area contributed by atoms with Gasteiger partial charge in [0.15, 0.2) is 0 Å². The van der Waals surface area contributed by atoms with Crippen LogP contribution in [0.1, 0.15) is 17.2 Å². The minimum Gasteiger partial charge on any atom is -0.293 e. The lowest BCUT2D eigenvalue weighted by atomic mass is 9.96. The highest BCUT2D eigenvalue weighted by Gasteiger charge is 2.26. The number of nitrogens with zero attached hydrogens (tertiary/aromatic N) is 2. The van der Waals surface area contributed by atoms with Gasteiger partial charge < -0.3 is 0 Å². The lowest BCUT2D eigenvalue weighted by Gasteiger charge is -2.39. The first-order valence-corrected chi connectivity index (χ1v) is 8.81. The van der Waals surface area contributed by atoms with Gasteiger partial charge in [-0.25, -0.2) is 5.84 Å². The average Bonchev–Trinajstić information content (AvgIpc) is 2.66. The summed E-state index contributed by atoms with van der Waals surface area (Å²) in [7, 11) is 0. The Morgan fingerprint density at radius 2 is 1.60 bits per heavy atom. The predicted octanol–water partition coefficient (Wildman–Crippen LogP) is 2.04. The van der Waals surface area contributed by atoms with Gasteiger partial charge in [-0.3, -0.25) is 20.0 Å². The Morgan fingerprint density at radius 1 is 1.00 bits per heavy atom. The number of hydrogen-bond acceptors (Lipinski definition) is 4. The first kappa shape index (κ1) is 17.9. The van der Waals surface area contributed by atoms with Gasteiger partial charge >= 0.3 is 0 Å². The largest absolute Gasteiger partial charge is 0.293 e. The van der Waals surface area contributed by atoms with Crippen LogP contribution in [0.4, 0.5) is 0 Å². The predicted molar refractivity (Wildman–Crippen MR) is 100 cm³/mol. The van der Waals surface area contributed by atoms with Crippen LogP contribution >= 0.6 is 11.6 Å². The SMILES string of the molecule is NNC(=O)CN1CCN(C(c2ccccc2)c2ccc(Cl)cc2)CC1. The summed E-state index contributed by atoms with van der Waals surface area (Å²) in [5.41, 5.74) is 4.68. The highest BCUT2D eigenvalue weighted by atomic mass is 35.5. The summed E-state index contributed by atoms with van der Waals surface area (Å²) < 4.78 is 0. The number of rotatable bonds is 5. The van der Waals surface area contributed by atoms with Crippen molar-refractivity contribution < 1.29 is 4.79 Å². The molecule has 0 bridgehead atoms. The van der Waals surface area contributed by atoms with Gasteiger partial charge in [0, 0.05) is 31.2 Å². The number of carbonyl (C=O) groups is 1. The molecular weight excluding hydrogens is 336 g/mol. The molecule has 1 aliphatic heterocycles. The number of halogens is 1. The fourth-order valence-corrected chi connectivity index (χ4v) is 3.45. The number of piperazine rings is 1. The zero-order valence-corrected chi connectivity index (χ0v) is 14.8. The van der Waals surface area contributed by atoms with E-state index in [4.69, 9.17) is 17.4 Å². The molecule has 132 valence electrons. The third-order valence-electron chi connectivity index (χ3n) is 4.60. The summed E-state index contributed by atoms with van der Waals surface area (Å²) in [6.07, 6.45) is 0. The second-order valence-corrected chi connectivity index (χ2v) is 6.68. The smallest absolute Gasteiger partial charge is 0.248 e. The van der Waals surface area contributed by atoms with Gasteiger partial charge in [-0.05, 0) is 23.3 Å². The minimum atomic E-state index is -0.147. The molecule has 2 aromatic carbocycles. The average molecular weight is 359 g/mol. The highest BCUT2D eigenvalue weighted by Crippen LogP contribution is 2.30. The summed E-state index contributed by atoms with van der Waals surface area (Å²) in [6.45, 7) is 3.80. The van der Waals surface area contributed by atoms with Gasteiger partial charge in [-0.2, -0.15) is 0 Å². The topological polar surface area (TPSA) is 61.6 Å². The molecule has 0 saturated carbocycles. The van der Waals surface area contributed by atoms with Crippen molar-refractivity contribution in [2.24, 2.45) is 5.84 Å². The third kappa shape index (κ3) is 4.58. The van der Waals surface area contributed by atoms with Crippen molar-refractivity contribution in [1.82, 2.24) is 15.2 Å². The normalized spacial score (nSPS) is 17.2. The molecule has 1 heterocycles. The van der Waals surface area contributed by atoms with Crippen molar-refractivity contribution in [3.05, 3.63) is 70.7 Å². The maximum atomic E-state index is 11.5. The number of nitrogens with one attached hydrogen (secondary N) is 1. The number of benzene rings is 2. The summed E-state index contributed by atoms with van der Waals surface area (Å²) in [4.78, 5) is 16.0. The molecule has 0 aliphatic carbocycles. The van der Waals surface area contributed by atoms with E-state index in [-0.39, 0.29) is 11.9 Å². The Balaban J connectivity index is 1.77. The van der Waals surface area contributed by atoms with Crippen molar-refractivity contribution in [2.45, 2.75) is 6.04 Å². The number of hydrogen-bond donors (Lipinski definition) is 2. The van der Waals surface area contributed by atoms with Gasteiger partial charge in [0.2, 0.25) is 5.91 Å². The molecule has 25 heavy (non-hydrogen) atoms. The molecule has 0 aromatic heterocycles. The number of hydrazine groups is 1. The zero-order valence-electron chi connectivity index (χ0n) is 14.1. The summed E-state index contributed by atoms with van der Waals surface area (Å²) >= 11 is 6.06. The fraction of sp³-hybridized carbons (Fsp3) is 0.316. The molecule has 1 saturated heterocycles. The van der Waals surface area contributed by atoms with Crippen LogP contribution in [0.25, 0.3) is 0 Å². The molecule has 1 atom stereocenters. The van der Waals surface area contributed by atoms with E-state index in [1.54, 1.807) is 0 Å². The highest BCUT2D eigenvalue weighted by molar-refractivity contribution is 6.30. The molecule has 6 heteroatoms. The van der Waals surface area contributed by atoms with Gasteiger partial charge in [0.05, 0.1) is 12.6 Å². The van der Waals surface area contributed by atoms with Crippen LogP contribution in [0.15, 0.2) is 54.6 Å². The molecule has 3 rings (SSSR count). The van der Waals surface area contributed by atoms with E-state index in [1.807, 2.05) is 18.2 Å². The molecule has 0 radical (unpaired) electrons. The van der Waals surface area contributed by atoms with E-state index in [2.05, 4.69) is 51.6 Å². The minimum absolute atomic E-state index is 0.147. The number of amides is 1. The van der Waals surface area contributed by atoms with Crippen molar-refractivity contribution in [3.8, 4) is 0 Å². The fourth-order valence-electron chi connectivity index (χ4n) is 3.32. The van der Waals surface area contributed by atoms with E-state index in [1.165, 1.54) is 11.1 Å². The molecule has 3 N–H and O–H groups in total. The summed E-state index contributed by atoms with van der Waals surface area (Å²) in [6, 6.07) is 18.7. The number of nitrogens with two attached hydrogens (primary N) is 1. The standard InChI is InChI=1S/C19H23ClN4O/c20-17-8-6-16(7-9-17)19(15-4-2-1-3-5-15)24-12-10-23(11-13-24)14-18(25)22-21/h1-9,19H,10-14,21H2,(H,22,25). The quantitative estimate of drug-likeness (QED) is 0.488. The summed E-state index contributed by atoms with van der Waals surface area (Å²) in [5.74, 6) is 5.03. The van der Waals surface area contributed by atoms with Crippen molar-refractivity contribution in [2.75, 3.05) is 32.7 Å². The maximum absolute atomic E-state index is 11.5. The van der Waals surface area contributed by atoms with Crippen LogP contribution in [0.5, 0.6) is 0 Å². The van der Waals surface area contributed by atoms with Crippen molar-refractivity contribution in [3.63, 3.8) is 0 Å². The number of carbonyl (C=O) groups excluding carboxylic acids is 1. The molecule has 1 aliphatic rings. The van der Waals surface area contributed by atoms with E-state index >= 15 is 0 Å². The first-order chi connectivity index (χ1) is 12.2. The van der Waals surface area contributed by atoms with E-state index in [9.17, 15) is 4.79 Å². The van der Waals surface area contributed by atoms with E-state index in [0.29, 0.717) is 6.54 Å². The Kier molecular flexibility index (Phi) is 6.04. The van der Waals surface area contributed by atoms with Crippen LogP contribution < -0.4 is 11.3 Å². The Bertz CT molecular complexity index is 684. The first-order valence-electron chi connectivity index (χ1n) is 8.43. The molecule has 1 amide bonds. The van der Waals surface area contributed by atoms with E-state index in [0.717, 1.165) is 31.2 Å². The second kappa shape index (κ2) is 8.45. The van der Waals surface area contributed by atoms with Crippen LogP contribution in [0.3, 0.4) is 0 Å². The van der Waals surface area contributed by atoms with Crippen molar-refractivity contribution in [1.29, 1.82) is 0 Å². The maximum Gasteiger partial charge on any atom is 0.248 e. The van der Waals surface area contributed by atoms with Gasteiger partial charge in [-0.1, -0.05) is 54.1 Å². The van der Waals surface area contributed by atoms with Crippen molar-refractivity contribution >= 4 is 17.5 Å². The Hall–Kier alpha value is -1.92. The molecule has 5 nitrogen and oxygen atoms in total. The van der Waals surface area contributed by atoms with Gasteiger partial charge in [0.25, 0.3) is 0 Å². The van der Waals surface area contributed by atoms with Gasteiger partial charge in [-0.15, -0.1) is 0 Å². The van der Waals surface area contributed by atoms with Crippen LogP contribution in [0.2, 0.25) is 5.02 Å². The summed E-state index contributed by atoms with van der Waals surface area (Å²) in [5, 5.41) is 0.744. The second-order valence-electron chi connectivity index (χ2n) is 6.24. The third-order valence-corrected chi connectivity index (χ3v) is 4.85. The van der Waals surface area contributed by atoms with Crippen LogP contribution in [-0.2, 0) is 4.79 Å². The van der Waals surface area contributed by atoms with E-state index < -0.39 is 0 Å². The van der Waals surface area contributed by atoms with Gasteiger partial charge in [0.1, 0.15) is 0 Å². The Morgan fingerprint density at radius 3 is 2.20 bits per heavy atom. The van der Waals surface area contributed by atoms with Crippen LogP contribution in [-0.4, -0.2) is 48.4 Å². The monoisotopic (exact) mass is 358 g/mol. The molecule has 1 fully saturated rings.